The fourth-order valence-corrected chi connectivity index (χ4v) is 3.44. The highest BCUT2D eigenvalue weighted by atomic mass is 32.1. The Hall–Kier alpha value is -1.18. The number of thiazole rings is 1. The lowest BCUT2D eigenvalue weighted by Crippen LogP contribution is -2.38. The topological polar surface area (TPSA) is 67.8 Å². The van der Waals surface area contributed by atoms with Crippen LogP contribution in [0.3, 0.4) is 0 Å². The fraction of sp³-hybridized carbons (Fsp3) is 0.778. The number of hydrogen-bond acceptors (Lipinski definition) is 5. The second-order valence-electron chi connectivity index (χ2n) is 6.33. The number of rotatable bonds is 11. The van der Waals surface area contributed by atoms with Crippen molar-refractivity contribution in [1.82, 2.24) is 15.6 Å². The smallest absolute Gasteiger partial charge is 0.191 e. The van der Waals surface area contributed by atoms with Crippen LogP contribution >= 0.6 is 11.3 Å². The Morgan fingerprint density at radius 2 is 2.36 bits per heavy atom. The van der Waals surface area contributed by atoms with E-state index in [1.165, 1.54) is 5.01 Å². The van der Waals surface area contributed by atoms with Gasteiger partial charge in [-0.05, 0) is 33.1 Å². The Labute approximate surface area is 155 Å². The Kier molecular flexibility index (Phi) is 9.84. The number of nitrogens with one attached hydrogen (secondary N) is 2. The molecular formula is C18H32N4O2S. The van der Waals surface area contributed by atoms with Gasteiger partial charge >= 0.3 is 0 Å². The van der Waals surface area contributed by atoms with Crippen molar-refractivity contribution in [3.05, 3.63) is 16.1 Å². The minimum absolute atomic E-state index is 0.591. The van der Waals surface area contributed by atoms with E-state index in [1.54, 1.807) is 11.3 Å². The van der Waals surface area contributed by atoms with E-state index in [1.807, 2.05) is 6.92 Å². The van der Waals surface area contributed by atoms with Gasteiger partial charge in [-0.25, -0.2) is 4.98 Å². The Bertz CT molecular complexity index is 501. The van der Waals surface area contributed by atoms with Crippen LogP contribution < -0.4 is 10.6 Å². The summed E-state index contributed by atoms with van der Waals surface area (Å²) in [6.07, 6.45) is 4.14. The van der Waals surface area contributed by atoms with E-state index in [0.29, 0.717) is 5.92 Å². The van der Waals surface area contributed by atoms with E-state index in [9.17, 15) is 0 Å². The van der Waals surface area contributed by atoms with Crippen LogP contribution in [0.1, 0.15) is 36.9 Å². The standard InChI is InChI=1S/C18H32N4O2S/c1-3-19-18(20-8-4-6-17-22-15(2)14-25-17)21-9-5-10-23-12-16-7-11-24-13-16/h14,16H,3-13H2,1-2H3,(H2,19,20,21). The number of aromatic nitrogens is 1. The molecule has 0 radical (unpaired) electrons. The summed E-state index contributed by atoms with van der Waals surface area (Å²) in [7, 11) is 0. The Morgan fingerprint density at radius 1 is 1.44 bits per heavy atom. The van der Waals surface area contributed by atoms with Gasteiger partial charge in [0.25, 0.3) is 0 Å². The predicted octanol–water partition coefficient (Wildman–Crippen LogP) is 2.38. The summed E-state index contributed by atoms with van der Waals surface area (Å²) in [6.45, 7) is 10.0. The number of guanidine groups is 1. The number of ether oxygens (including phenoxy) is 2. The molecule has 0 spiro atoms. The van der Waals surface area contributed by atoms with E-state index in [-0.39, 0.29) is 0 Å². The van der Waals surface area contributed by atoms with Crippen LogP contribution in [0.15, 0.2) is 10.4 Å². The van der Waals surface area contributed by atoms with Crippen molar-refractivity contribution in [3.63, 3.8) is 0 Å². The summed E-state index contributed by atoms with van der Waals surface area (Å²) < 4.78 is 11.1. The van der Waals surface area contributed by atoms with Crippen LogP contribution in [0.4, 0.5) is 0 Å². The molecule has 1 aromatic heterocycles. The molecule has 0 aromatic carbocycles. The average Bonchev–Trinajstić information content (AvgIpc) is 3.26. The van der Waals surface area contributed by atoms with Gasteiger partial charge in [0, 0.05) is 56.3 Å². The van der Waals surface area contributed by atoms with Gasteiger partial charge in [0.2, 0.25) is 0 Å². The first-order valence-electron chi connectivity index (χ1n) is 9.36. The van der Waals surface area contributed by atoms with Crippen LogP contribution in [-0.2, 0) is 15.9 Å². The molecule has 1 aliphatic heterocycles. The maximum Gasteiger partial charge on any atom is 0.191 e. The molecule has 142 valence electrons. The van der Waals surface area contributed by atoms with Crippen molar-refractivity contribution in [3.8, 4) is 0 Å². The molecule has 6 nitrogen and oxygen atoms in total. The SMILES string of the molecule is CCNC(=NCCCc1nc(C)cs1)NCCCOCC1CCOC1. The highest BCUT2D eigenvalue weighted by molar-refractivity contribution is 7.09. The van der Waals surface area contributed by atoms with E-state index >= 15 is 0 Å². The molecule has 1 aliphatic rings. The van der Waals surface area contributed by atoms with Crippen LogP contribution in [-0.4, -0.2) is 57.0 Å². The monoisotopic (exact) mass is 368 g/mol. The molecule has 2 N–H and O–H groups in total. The van der Waals surface area contributed by atoms with E-state index < -0.39 is 0 Å². The summed E-state index contributed by atoms with van der Waals surface area (Å²) in [5.74, 6) is 1.48. The van der Waals surface area contributed by atoms with Crippen molar-refractivity contribution < 1.29 is 9.47 Å². The third-order valence-electron chi connectivity index (χ3n) is 3.96. The van der Waals surface area contributed by atoms with Crippen molar-refractivity contribution in [2.75, 3.05) is 46.1 Å². The summed E-state index contributed by atoms with van der Waals surface area (Å²) >= 11 is 1.74. The molecule has 2 rings (SSSR count). The van der Waals surface area contributed by atoms with Crippen LogP contribution in [0.5, 0.6) is 0 Å². The van der Waals surface area contributed by atoms with Gasteiger partial charge in [0.05, 0.1) is 18.2 Å². The molecule has 1 unspecified atom stereocenters. The maximum atomic E-state index is 5.72. The molecule has 0 amide bonds. The zero-order valence-corrected chi connectivity index (χ0v) is 16.4. The first kappa shape index (κ1) is 20.1. The van der Waals surface area contributed by atoms with Crippen molar-refractivity contribution in [2.45, 2.75) is 39.5 Å². The van der Waals surface area contributed by atoms with E-state index in [2.05, 4.69) is 32.9 Å². The Morgan fingerprint density at radius 3 is 3.08 bits per heavy atom. The normalized spacial score (nSPS) is 17.8. The molecule has 0 aliphatic carbocycles. The van der Waals surface area contributed by atoms with E-state index in [0.717, 1.165) is 83.4 Å². The third kappa shape index (κ3) is 8.65. The number of aliphatic imine (C=N–C) groups is 1. The highest BCUT2D eigenvalue weighted by Crippen LogP contribution is 2.12. The van der Waals surface area contributed by atoms with Gasteiger partial charge in [-0.15, -0.1) is 11.3 Å². The molecule has 2 heterocycles. The molecule has 1 fully saturated rings. The summed E-state index contributed by atoms with van der Waals surface area (Å²) in [6, 6.07) is 0. The van der Waals surface area contributed by atoms with Crippen molar-refractivity contribution in [2.24, 2.45) is 10.9 Å². The summed E-state index contributed by atoms with van der Waals surface area (Å²) in [4.78, 5) is 9.12. The van der Waals surface area contributed by atoms with E-state index in [4.69, 9.17) is 9.47 Å². The highest BCUT2D eigenvalue weighted by Gasteiger charge is 2.15. The van der Waals surface area contributed by atoms with Gasteiger partial charge in [-0.1, -0.05) is 0 Å². The van der Waals surface area contributed by atoms with Gasteiger partial charge in [0.1, 0.15) is 0 Å². The minimum atomic E-state index is 0.591. The molecule has 25 heavy (non-hydrogen) atoms. The zero-order valence-electron chi connectivity index (χ0n) is 15.6. The number of nitrogens with zero attached hydrogens (tertiary/aromatic N) is 2. The molecule has 1 saturated heterocycles. The summed E-state index contributed by atoms with van der Waals surface area (Å²) in [5, 5.41) is 9.97. The number of aryl methyl sites for hydroxylation is 2. The zero-order chi connectivity index (χ0) is 17.7. The lowest BCUT2D eigenvalue weighted by Gasteiger charge is -2.12. The Balaban J connectivity index is 1.53. The first-order valence-corrected chi connectivity index (χ1v) is 10.2. The molecule has 0 saturated carbocycles. The largest absolute Gasteiger partial charge is 0.381 e. The van der Waals surface area contributed by atoms with Crippen LogP contribution in [0.2, 0.25) is 0 Å². The van der Waals surface area contributed by atoms with Crippen LogP contribution in [0, 0.1) is 12.8 Å². The van der Waals surface area contributed by atoms with Crippen molar-refractivity contribution in [1.29, 1.82) is 0 Å². The van der Waals surface area contributed by atoms with Crippen molar-refractivity contribution >= 4 is 17.3 Å². The third-order valence-corrected chi connectivity index (χ3v) is 4.99. The predicted molar refractivity (Wildman–Crippen MR) is 104 cm³/mol. The fourth-order valence-electron chi connectivity index (χ4n) is 2.63. The second kappa shape index (κ2) is 12.2. The second-order valence-corrected chi connectivity index (χ2v) is 7.27. The maximum absolute atomic E-state index is 5.72. The van der Waals surface area contributed by atoms with Crippen LogP contribution in [0.25, 0.3) is 0 Å². The quantitative estimate of drug-likeness (QED) is 0.357. The lowest BCUT2D eigenvalue weighted by molar-refractivity contribution is 0.0888. The molecule has 0 bridgehead atoms. The molecule has 7 heteroatoms. The molecule has 1 atom stereocenters. The molecular weight excluding hydrogens is 336 g/mol. The minimum Gasteiger partial charge on any atom is -0.381 e. The van der Waals surface area contributed by atoms with Gasteiger partial charge in [0.15, 0.2) is 5.96 Å². The van der Waals surface area contributed by atoms with Gasteiger partial charge < -0.3 is 20.1 Å². The summed E-state index contributed by atoms with van der Waals surface area (Å²) in [5.41, 5.74) is 1.11. The average molecular weight is 369 g/mol. The first-order chi connectivity index (χ1) is 12.3. The molecule has 1 aromatic rings. The van der Waals surface area contributed by atoms with Gasteiger partial charge in [-0.2, -0.15) is 0 Å². The lowest BCUT2D eigenvalue weighted by atomic mass is 10.1. The number of hydrogen-bond donors (Lipinski definition) is 2. The van der Waals surface area contributed by atoms with Gasteiger partial charge in [-0.3, -0.25) is 4.99 Å².